The second-order valence-electron chi connectivity index (χ2n) is 6.72. The predicted molar refractivity (Wildman–Crippen MR) is 110 cm³/mol. The quantitative estimate of drug-likeness (QED) is 0.633. The normalized spacial score (nSPS) is 10.4. The van der Waals surface area contributed by atoms with E-state index in [-0.39, 0.29) is 24.9 Å². The van der Waals surface area contributed by atoms with E-state index in [4.69, 9.17) is 0 Å². The van der Waals surface area contributed by atoms with E-state index in [1.54, 1.807) is 18.8 Å². The SMILES string of the molecule is Cc1ccc(NC(=O)CN(C)C(=O)CNc2cccc(-c3nnnn3C)c2)cc1. The molecule has 0 unspecified atom stereocenters. The Balaban J connectivity index is 1.51. The van der Waals surface area contributed by atoms with Gasteiger partial charge in [0.25, 0.3) is 0 Å². The van der Waals surface area contributed by atoms with E-state index in [0.717, 1.165) is 16.8 Å². The molecule has 9 nitrogen and oxygen atoms in total. The van der Waals surface area contributed by atoms with Crippen molar-refractivity contribution in [3.63, 3.8) is 0 Å². The maximum Gasteiger partial charge on any atom is 0.243 e. The largest absolute Gasteiger partial charge is 0.376 e. The molecular formula is C20H23N7O2. The number of nitrogens with one attached hydrogen (secondary N) is 2. The number of anilines is 2. The van der Waals surface area contributed by atoms with Crippen molar-refractivity contribution in [2.24, 2.45) is 7.05 Å². The zero-order valence-electron chi connectivity index (χ0n) is 16.6. The number of nitrogens with zero attached hydrogens (tertiary/aromatic N) is 5. The minimum atomic E-state index is -0.249. The lowest BCUT2D eigenvalue weighted by Crippen LogP contribution is -2.38. The lowest BCUT2D eigenvalue weighted by molar-refractivity contribution is -0.131. The van der Waals surface area contributed by atoms with Crippen LogP contribution in [0.15, 0.2) is 48.5 Å². The van der Waals surface area contributed by atoms with E-state index in [9.17, 15) is 9.59 Å². The highest BCUT2D eigenvalue weighted by atomic mass is 16.2. The van der Waals surface area contributed by atoms with Crippen LogP contribution in [-0.4, -0.2) is 57.1 Å². The molecule has 150 valence electrons. The second-order valence-corrected chi connectivity index (χ2v) is 6.72. The molecule has 29 heavy (non-hydrogen) atoms. The molecule has 0 radical (unpaired) electrons. The molecule has 0 aliphatic heterocycles. The first-order valence-corrected chi connectivity index (χ1v) is 9.09. The number of aryl methyl sites for hydroxylation is 2. The van der Waals surface area contributed by atoms with Gasteiger partial charge >= 0.3 is 0 Å². The summed E-state index contributed by atoms with van der Waals surface area (Å²) < 4.78 is 1.57. The van der Waals surface area contributed by atoms with E-state index in [1.165, 1.54) is 4.90 Å². The van der Waals surface area contributed by atoms with Crippen LogP contribution in [0.3, 0.4) is 0 Å². The minimum Gasteiger partial charge on any atom is -0.376 e. The lowest BCUT2D eigenvalue weighted by atomic mass is 10.2. The van der Waals surface area contributed by atoms with Gasteiger partial charge in [-0.2, -0.15) is 0 Å². The van der Waals surface area contributed by atoms with Gasteiger partial charge in [0.1, 0.15) is 0 Å². The fraction of sp³-hybridized carbons (Fsp3) is 0.250. The van der Waals surface area contributed by atoms with E-state index in [2.05, 4.69) is 26.2 Å². The Morgan fingerprint density at radius 3 is 2.55 bits per heavy atom. The van der Waals surface area contributed by atoms with E-state index in [1.807, 2.05) is 55.5 Å². The van der Waals surface area contributed by atoms with Crippen molar-refractivity contribution in [1.82, 2.24) is 25.1 Å². The number of carbonyl (C=O) groups excluding carboxylic acids is 2. The van der Waals surface area contributed by atoms with Crippen molar-refractivity contribution < 1.29 is 9.59 Å². The molecule has 0 aliphatic rings. The van der Waals surface area contributed by atoms with Crippen molar-refractivity contribution in [2.45, 2.75) is 6.92 Å². The number of tetrazole rings is 1. The van der Waals surface area contributed by atoms with E-state index >= 15 is 0 Å². The molecule has 0 atom stereocenters. The van der Waals surface area contributed by atoms with Crippen LogP contribution < -0.4 is 10.6 Å². The van der Waals surface area contributed by atoms with Crippen LogP contribution in [0, 0.1) is 6.92 Å². The Morgan fingerprint density at radius 1 is 1.10 bits per heavy atom. The molecule has 0 spiro atoms. The van der Waals surface area contributed by atoms with Gasteiger partial charge in [-0.05, 0) is 41.6 Å². The van der Waals surface area contributed by atoms with Crippen molar-refractivity contribution in [3.8, 4) is 11.4 Å². The predicted octanol–water partition coefficient (Wildman–Crippen LogP) is 1.69. The van der Waals surface area contributed by atoms with E-state index in [0.29, 0.717) is 11.5 Å². The zero-order chi connectivity index (χ0) is 20.8. The number of hydrogen-bond acceptors (Lipinski definition) is 6. The molecule has 2 N–H and O–H groups in total. The van der Waals surface area contributed by atoms with Gasteiger partial charge in [0.15, 0.2) is 5.82 Å². The minimum absolute atomic E-state index is 0.0287. The fourth-order valence-electron chi connectivity index (χ4n) is 2.70. The van der Waals surface area contributed by atoms with Gasteiger partial charge in [-0.1, -0.05) is 29.8 Å². The molecule has 1 heterocycles. The zero-order valence-corrected chi connectivity index (χ0v) is 16.6. The average molecular weight is 393 g/mol. The Kier molecular flexibility index (Phi) is 6.18. The highest BCUT2D eigenvalue weighted by molar-refractivity contribution is 5.95. The summed E-state index contributed by atoms with van der Waals surface area (Å²) in [5, 5.41) is 17.3. The van der Waals surface area contributed by atoms with Crippen molar-refractivity contribution >= 4 is 23.2 Å². The summed E-state index contributed by atoms with van der Waals surface area (Å²) in [5.41, 5.74) is 3.41. The third-order valence-corrected chi connectivity index (χ3v) is 4.33. The van der Waals surface area contributed by atoms with Crippen LogP contribution in [0.1, 0.15) is 5.56 Å². The van der Waals surface area contributed by atoms with Crippen molar-refractivity contribution in [3.05, 3.63) is 54.1 Å². The second kappa shape index (κ2) is 8.96. The highest BCUT2D eigenvalue weighted by Crippen LogP contribution is 2.19. The van der Waals surface area contributed by atoms with Crippen LogP contribution in [-0.2, 0) is 16.6 Å². The fourth-order valence-corrected chi connectivity index (χ4v) is 2.70. The topological polar surface area (TPSA) is 105 Å². The van der Waals surface area contributed by atoms with Gasteiger partial charge in [-0.15, -0.1) is 5.10 Å². The van der Waals surface area contributed by atoms with Crippen molar-refractivity contribution in [1.29, 1.82) is 0 Å². The smallest absolute Gasteiger partial charge is 0.243 e. The summed E-state index contributed by atoms with van der Waals surface area (Å²) in [4.78, 5) is 25.9. The Hall–Kier alpha value is -3.75. The van der Waals surface area contributed by atoms with Crippen molar-refractivity contribution in [2.75, 3.05) is 30.8 Å². The third kappa shape index (κ3) is 5.38. The Labute approximate surface area is 168 Å². The number of hydrogen-bond donors (Lipinski definition) is 2. The number of aromatic nitrogens is 4. The molecule has 0 saturated heterocycles. The maximum atomic E-state index is 12.4. The molecule has 1 aromatic heterocycles. The number of likely N-dealkylation sites (N-methyl/N-ethyl adjacent to an activating group) is 1. The molecule has 0 fully saturated rings. The molecule has 3 aromatic rings. The van der Waals surface area contributed by atoms with Crippen LogP contribution >= 0.6 is 0 Å². The molecule has 0 bridgehead atoms. The maximum absolute atomic E-state index is 12.4. The van der Waals surface area contributed by atoms with Gasteiger partial charge in [0.05, 0.1) is 13.1 Å². The van der Waals surface area contributed by atoms with Gasteiger partial charge in [0.2, 0.25) is 11.8 Å². The standard InChI is InChI=1S/C20H23N7O2/c1-14-7-9-16(10-8-14)22-18(28)13-26(2)19(29)12-21-17-6-4-5-15(11-17)20-23-24-25-27(20)3/h4-11,21H,12-13H2,1-3H3,(H,22,28). The summed E-state index contributed by atoms with van der Waals surface area (Å²) in [6.07, 6.45) is 0. The van der Waals surface area contributed by atoms with Crippen LogP contribution in [0.5, 0.6) is 0 Å². The van der Waals surface area contributed by atoms with Crippen LogP contribution in [0.25, 0.3) is 11.4 Å². The third-order valence-electron chi connectivity index (χ3n) is 4.33. The number of benzene rings is 2. The molecule has 0 saturated carbocycles. The summed E-state index contributed by atoms with van der Waals surface area (Å²) >= 11 is 0. The number of carbonyl (C=O) groups is 2. The first kappa shape index (κ1) is 20.0. The first-order chi connectivity index (χ1) is 13.9. The van der Waals surface area contributed by atoms with Gasteiger partial charge in [0, 0.05) is 31.0 Å². The van der Waals surface area contributed by atoms with Gasteiger partial charge in [-0.3, -0.25) is 9.59 Å². The molecule has 2 amide bonds. The Bertz CT molecular complexity index is 998. The summed E-state index contributed by atoms with van der Waals surface area (Å²) in [6, 6.07) is 15.0. The number of amides is 2. The highest BCUT2D eigenvalue weighted by Gasteiger charge is 2.13. The van der Waals surface area contributed by atoms with Gasteiger partial charge < -0.3 is 15.5 Å². The Morgan fingerprint density at radius 2 is 1.86 bits per heavy atom. The van der Waals surface area contributed by atoms with Crippen LogP contribution in [0.4, 0.5) is 11.4 Å². The number of rotatable bonds is 7. The lowest BCUT2D eigenvalue weighted by Gasteiger charge is -2.17. The molecule has 2 aromatic carbocycles. The molecule has 3 rings (SSSR count). The molecular weight excluding hydrogens is 370 g/mol. The molecule has 0 aliphatic carbocycles. The first-order valence-electron chi connectivity index (χ1n) is 9.09. The summed E-state index contributed by atoms with van der Waals surface area (Å²) in [6.45, 7) is 2.01. The molecule has 9 heteroatoms. The van der Waals surface area contributed by atoms with Gasteiger partial charge in [-0.25, -0.2) is 4.68 Å². The summed E-state index contributed by atoms with van der Waals surface area (Å²) in [7, 11) is 3.36. The van der Waals surface area contributed by atoms with Crippen LogP contribution in [0.2, 0.25) is 0 Å². The average Bonchev–Trinajstić information content (AvgIpc) is 3.14. The summed E-state index contributed by atoms with van der Waals surface area (Å²) in [5.74, 6) is 0.182. The monoisotopic (exact) mass is 393 g/mol. The van der Waals surface area contributed by atoms with E-state index < -0.39 is 0 Å².